The number of aliphatic carboxylic acids is 1. The summed E-state index contributed by atoms with van der Waals surface area (Å²) < 4.78 is 0. The van der Waals surface area contributed by atoms with E-state index in [1.165, 1.54) is 19.2 Å². The van der Waals surface area contributed by atoms with Gasteiger partial charge in [0.25, 0.3) is 0 Å². The van der Waals surface area contributed by atoms with Crippen LogP contribution in [0.15, 0.2) is 17.3 Å². The maximum Gasteiger partial charge on any atom is 0.327 e. The molecule has 0 saturated heterocycles. The lowest BCUT2D eigenvalue weighted by Gasteiger charge is -2.12. The van der Waals surface area contributed by atoms with Gasteiger partial charge in [-0.2, -0.15) is 0 Å². The number of carboxylic acid groups (broad SMARTS) is 1. The third kappa shape index (κ3) is 4.19. The van der Waals surface area contributed by atoms with Crippen LogP contribution in [0.3, 0.4) is 0 Å². The molecule has 1 unspecified atom stereocenters. The van der Waals surface area contributed by atoms with Crippen molar-refractivity contribution in [3.63, 3.8) is 0 Å². The van der Waals surface area contributed by atoms with Gasteiger partial charge in [-0.25, -0.2) is 9.78 Å². The van der Waals surface area contributed by atoms with Crippen LogP contribution in [0.4, 0.5) is 5.69 Å². The molecule has 1 atom stereocenters. The highest BCUT2D eigenvalue weighted by Gasteiger charge is 2.23. The van der Waals surface area contributed by atoms with Crippen LogP contribution < -0.4 is 5.32 Å². The molecular formula is C11H13N3O5S. The fraction of sp³-hybridized carbons (Fsp3) is 0.364. The smallest absolute Gasteiger partial charge is 0.327 e. The number of carbonyl (C=O) groups excluding carboxylic acids is 1. The fourth-order valence-corrected chi connectivity index (χ4v) is 2.49. The molecule has 0 bridgehead atoms. The Morgan fingerprint density at radius 1 is 1.60 bits per heavy atom. The van der Waals surface area contributed by atoms with Gasteiger partial charge in [0.2, 0.25) is 5.91 Å². The fourth-order valence-electron chi connectivity index (χ4n) is 1.44. The van der Waals surface area contributed by atoms with Gasteiger partial charge in [0.15, 0.2) is 5.03 Å². The maximum absolute atomic E-state index is 11.0. The van der Waals surface area contributed by atoms with Crippen molar-refractivity contribution >= 4 is 29.3 Å². The second-order valence-corrected chi connectivity index (χ2v) is 4.95. The zero-order valence-corrected chi connectivity index (χ0v) is 11.6. The summed E-state index contributed by atoms with van der Waals surface area (Å²) in [7, 11) is 0. The molecule has 1 rings (SSSR count). The monoisotopic (exact) mass is 299 g/mol. The van der Waals surface area contributed by atoms with Crippen molar-refractivity contribution in [1.29, 1.82) is 0 Å². The lowest BCUT2D eigenvalue weighted by Crippen LogP contribution is -2.41. The number of hydrogen-bond donors (Lipinski definition) is 2. The van der Waals surface area contributed by atoms with E-state index in [-0.39, 0.29) is 16.5 Å². The normalized spacial score (nSPS) is 11.7. The largest absolute Gasteiger partial charge is 0.480 e. The zero-order chi connectivity index (χ0) is 15.3. The molecule has 0 radical (unpaired) electrons. The number of nitro groups is 1. The predicted molar refractivity (Wildman–Crippen MR) is 71.6 cm³/mol. The van der Waals surface area contributed by atoms with Crippen molar-refractivity contribution in [1.82, 2.24) is 10.3 Å². The number of pyridine rings is 1. The quantitative estimate of drug-likeness (QED) is 0.456. The number of nitrogens with zero attached hydrogens (tertiary/aromatic N) is 2. The van der Waals surface area contributed by atoms with Crippen LogP contribution >= 0.6 is 11.8 Å². The molecule has 2 N–H and O–H groups in total. The standard InChI is InChI=1S/C11H13N3O5S/c1-6-3-4-12-10(9(6)14(18)19)20-5-8(11(16)17)13-7(2)15/h3-4,8H,5H2,1-2H3,(H,13,15)(H,16,17). The molecule has 20 heavy (non-hydrogen) atoms. The first-order valence-corrected chi connectivity index (χ1v) is 6.54. The summed E-state index contributed by atoms with van der Waals surface area (Å²) in [5, 5.41) is 22.3. The van der Waals surface area contributed by atoms with Crippen LogP contribution in [0.5, 0.6) is 0 Å². The average Bonchev–Trinajstić information content (AvgIpc) is 2.33. The molecule has 1 heterocycles. The number of carbonyl (C=O) groups is 2. The molecule has 0 fully saturated rings. The molecule has 0 aromatic carbocycles. The van der Waals surface area contributed by atoms with Gasteiger partial charge in [0, 0.05) is 24.4 Å². The van der Waals surface area contributed by atoms with Crippen LogP contribution in [-0.2, 0) is 9.59 Å². The molecule has 1 amide bonds. The first-order valence-electron chi connectivity index (χ1n) is 5.55. The summed E-state index contributed by atoms with van der Waals surface area (Å²) >= 11 is 0.920. The minimum Gasteiger partial charge on any atom is -0.480 e. The molecule has 8 nitrogen and oxygen atoms in total. The van der Waals surface area contributed by atoms with Gasteiger partial charge >= 0.3 is 11.7 Å². The van der Waals surface area contributed by atoms with E-state index in [4.69, 9.17) is 5.11 Å². The van der Waals surface area contributed by atoms with E-state index in [2.05, 4.69) is 10.3 Å². The van der Waals surface area contributed by atoms with Crippen molar-refractivity contribution in [2.75, 3.05) is 5.75 Å². The molecule has 0 aliphatic rings. The Morgan fingerprint density at radius 3 is 2.75 bits per heavy atom. The van der Waals surface area contributed by atoms with E-state index in [0.717, 1.165) is 11.8 Å². The Balaban J connectivity index is 2.88. The summed E-state index contributed by atoms with van der Waals surface area (Å²) in [6, 6.07) is 0.379. The van der Waals surface area contributed by atoms with Crippen molar-refractivity contribution in [3.8, 4) is 0 Å². The summed E-state index contributed by atoms with van der Waals surface area (Å²) in [5.41, 5.74) is 0.295. The SMILES string of the molecule is CC(=O)NC(CSc1nccc(C)c1[N+](=O)[O-])C(=O)O. The average molecular weight is 299 g/mol. The third-order valence-electron chi connectivity index (χ3n) is 2.34. The number of amides is 1. The van der Waals surface area contributed by atoms with Crippen LogP contribution in [0.25, 0.3) is 0 Å². The second kappa shape index (κ2) is 6.85. The van der Waals surface area contributed by atoms with Gasteiger partial charge < -0.3 is 10.4 Å². The minimum atomic E-state index is -1.21. The molecule has 1 aromatic rings. The highest BCUT2D eigenvalue weighted by molar-refractivity contribution is 7.99. The van der Waals surface area contributed by atoms with Gasteiger partial charge in [0.1, 0.15) is 6.04 Å². The number of rotatable bonds is 6. The summed E-state index contributed by atoms with van der Waals surface area (Å²) in [5.74, 6) is -1.74. The van der Waals surface area contributed by atoms with Crippen LogP contribution in [-0.4, -0.2) is 38.7 Å². The van der Waals surface area contributed by atoms with Crippen molar-refractivity contribution in [2.45, 2.75) is 24.9 Å². The number of aryl methyl sites for hydroxylation is 1. The van der Waals surface area contributed by atoms with Gasteiger partial charge in [0.05, 0.1) is 4.92 Å². The van der Waals surface area contributed by atoms with E-state index in [1.54, 1.807) is 6.92 Å². The second-order valence-electron chi connectivity index (χ2n) is 3.94. The number of thioether (sulfide) groups is 1. The summed E-state index contributed by atoms with van der Waals surface area (Å²) in [6.45, 7) is 2.78. The lowest BCUT2D eigenvalue weighted by atomic mass is 10.3. The van der Waals surface area contributed by atoms with E-state index < -0.39 is 22.8 Å². The van der Waals surface area contributed by atoms with Gasteiger partial charge in [-0.1, -0.05) is 11.8 Å². The predicted octanol–water partition coefficient (Wildman–Crippen LogP) is 0.980. The van der Waals surface area contributed by atoms with Crippen LogP contribution in [0, 0.1) is 17.0 Å². The van der Waals surface area contributed by atoms with Crippen molar-refractivity contribution < 1.29 is 19.6 Å². The number of carboxylic acids is 1. The van der Waals surface area contributed by atoms with E-state index in [0.29, 0.717) is 5.56 Å². The molecule has 0 saturated carbocycles. The van der Waals surface area contributed by atoms with Crippen LogP contribution in [0.2, 0.25) is 0 Å². The molecule has 9 heteroatoms. The first kappa shape index (κ1) is 15.9. The Bertz CT molecular complexity index is 549. The van der Waals surface area contributed by atoms with Crippen LogP contribution in [0.1, 0.15) is 12.5 Å². The first-order chi connectivity index (χ1) is 9.32. The molecule has 0 aliphatic heterocycles. The Morgan fingerprint density at radius 2 is 2.25 bits per heavy atom. The highest BCUT2D eigenvalue weighted by Crippen LogP contribution is 2.29. The molecule has 1 aromatic heterocycles. The van der Waals surface area contributed by atoms with Gasteiger partial charge in [-0.15, -0.1) is 0 Å². The number of aromatic nitrogens is 1. The van der Waals surface area contributed by atoms with Gasteiger partial charge in [-0.3, -0.25) is 14.9 Å². The molecular weight excluding hydrogens is 286 g/mol. The lowest BCUT2D eigenvalue weighted by molar-refractivity contribution is -0.388. The third-order valence-corrected chi connectivity index (χ3v) is 3.41. The Kier molecular flexibility index (Phi) is 5.44. The molecule has 0 spiro atoms. The van der Waals surface area contributed by atoms with Crippen molar-refractivity contribution in [2.24, 2.45) is 0 Å². The Labute approximate surface area is 118 Å². The van der Waals surface area contributed by atoms with Crippen molar-refractivity contribution in [3.05, 3.63) is 27.9 Å². The number of nitrogens with one attached hydrogen (secondary N) is 1. The summed E-state index contributed by atoms with van der Waals surface area (Å²) in [6.07, 6.45) is 1.42. The summed E-state index contributed by atoms with van der Waals surface area (Å²) in [4.78, 5) is 36.1. The van der Waals surface area contributed by atoms with E-state index in [1.807, 2.05) is 0 Å². The van der Waals surface area contributed by atoms with Gasteiger partial charge in [-0.05, 0) is 13.0 Å². The van der Waals surface area contributed by atoms with E-state index >= 15 is 0 Å². The Hall–Kier alpha value is -2.16. The van der Waals surface area contributed by atoms with E-state index in [9.17, 15) is 19.7 Å². The zero-order valence-electron chi connectivity index (χ0n) is 10.8. The number of hydrogen-bond acceptors (Lipinski definition) is 6. The topological polar surface area (TPSA) is 122 Å². The highest BCUT2D eigenvalue weighted by atomic mass is 32.2. The maximum atomic E-state index is 11.0. The molecule has 0 aliphatic carbocycles. The minimum absolute atomic E-state index is 0.0494. The molecule has 108 valence electrons.